The smallest absolute Gasteiger partial charge is 0.269 e. The fraction of sp³-hybridized carbons (Fsp3) is 0.600. The fourth-order valence-corrected chi connectivity index (χ4v) is 0.932. The van der Waals surface area contributed by atoms with Crippen molar-refractivity contribution < 1.29 is 13.9 Å². The molecule has 0 aromatic rings. The zero-order chi connectivity index (χ0) is 10.1. The van der Waals surface area contributed by atoms with Crippen LogP contribution in [0, 0.1) is 0 Å². The van der Waals surface area contributed by atoms with Gasteiger partial charge in [-0.15, -0.1) is 0 Å². The van der Waals surface area contributed by atoms with Crippen LogP contribution in [0.3, 0.4) is 0 Å². The van der Waals surface area contributed by atoms with Crippen molar-refractivity contribution >= 4 is 0 Å². The van der Waals surface area contributed by atoms with Crippen LogP contribution in [0.15, 0.2) is 24.3 Å². The van der Waals surface area contributed by atoms with Crippen LogP contribution in [0.1, 0.15) is 32.6 Å². The lowest BCUT2D eigenvalue weighted by Crippen LogP contribution is -1.96. The number of hydrogen-bond donors (Lipinski definition) is 1. The highest BCUT2D eigenvalue weighted by Gasteiger charge is 1.96. The number of aliphatic hydroxyl groups is 1. The second-order valence-electron chi connectivity index (χ2n) is 2.87. The summed E-state index contributed by atoms with van der Waals surface area (Å²) in [6.07, 6.45) is 4.81. The highest BCUT2D eigenvalue weighted by Crippen LogP contribution is 2.03. The average Bonchev–Trinajstić information content (AvgIpc) is 2.02. The van der Waals surface area contributed by atoms with Gasteiger partial charge in [0.05, 0.1) is 6.10 Å². The van der Waals surface area contributed by atoms with Crippen LogP contribution in [0.5, 0.6) is 0 Å². The molecular weight excluding hydrogens is 174 g/mol. The van der Waals surface area contributed by atoms with Crippen LogP contribution >= 0.6 is 0 Å². The SMILES string of the molecule is CCCCCC=CC(O)C=C(F)F. The van der Waals surface area contributed by atoms with Crippen molar-refractivity contribution in [2.24, 2.45) is 0 Å². The molecule has 0 aliphatic rings. The summed E-state index contributed by atoms with van der Waals surface area (Å²) in [5, 5.41) is 8.93. The molecule has 0 amide bonds. The van der Waals surface area contributed by atoms with Crippen LogP contribution in [0.25, 0.3) is 0 Å². The lowest BCUT2D eigenvalue weighted by Gasteiger charge is -1.96. The van der Waals surface area contributed by atoms with Crippen molar-refractivity contribution in [2.75, 3.05) is 0 Å². The van der Waals surface area contributed by atoms with Gasteiger partial charge >= 0.3 is 0 Å². The molecule has 1 nitrogen and oxygen atoms in total. The van der Waals surface area contributed by atoms with Gasteiger partial charge < -0.3 is 5.11 Å². The second kappa shape index (κ2) is 7.92. The Kier molecular flexibility index (Phi) is 7.50. The van der Waals surface area contributed by atoms with E-state index in [1.54, 1.807) is 6.08 Å². The van der Waals surface area contributed by atoms with Crippen molar-refractivity contribution in [1.29, 1.82) is 0 Å². The molecule has 13 heavy (non-hydrogen) atoms. The van der Waals surface area contributed by atoms with E-state index in [0.29, 0.717) is 6.08 Å². The first kappa shape index (κ1) is 12.3. The molecule has 0 aromatic heterocycles. The maximum absolute atomic E-state index is 11.6. The Morgan fingerprint density at radius 3 is 2.62 bits per heavy atom. The van der Waals surface area contributed by atoms with E-state index in [-0.39, 0.29) is 0 Å². The van der Waals surface area contributed by atoms with E-state index in [1.807, 2.05) is 0 Å². The van der Waals surface area contributed by atoms with Crippen LogP contribution in [0.2, 0.25) is 0 Å². The second-order valence-corrected chi connectivity index (χ2v) is 2.87. The van der Waals surface area contributed by atoms with Gasteiger partial charge in [-0.2, -0.15) is 8.78 Å². The fourth-order valence-electron chi connectivity index (χ4n) is 0.932. The van der Waals surface area contributed by atoms with E-state index in [9.17, 15) is 8.78 Å². The van der Waals surface area contributed by atoms with E-state index >= 15 is 0 Å². The molecule has 0 saturated heterocycles. The summed E-state index contributed by atoms with van der Waals surface area (Å²) < 4.78 is 23.2. The number of halogens is 2. The third kappa shape index (κ3) is 9.21. The lowest BCUT2D eigenvalue weighted by atomic mass is 10.2. The Morgan fingerprint density at radius 1 is 1.38 bits per heavy atom. The molecule has 0 fully saturated rings. The van der Waals surface area contributed by atoms with Crippen molar-refractivity contribution in [3.63, 3.8) is 0 Å². The van der Waals surface area contributed by atoms with Gasteiger partial charge in [-0.1, -0.05) is 31.9 Å². The summed E-state index contributed by atoms with van der Waals surface area (Å²) in [5.41, 5.74) is 0. The minimum absolute atomic E-state index is 0.524. The standard InChI is InChI=1S/C10H16F2O/c1-2-3-4-5-6-7-9(13)8-10(11)12/h6-9,13H,2-5H2,1H3. The number of unbranched alkanes of at least 4 members (excludes halogenated alkanes) is 3. The molecule has 0 aliphatic heterocycles. The van der Waals surface area contributed by atoms with Crippen LogP contribution in [0.4, 0.5) is 8.78 Å². The van der Waals surface area contributed by atoms with Gasteiger partial charge in [0.15, 0.2) is 0 Å². The van der Waals surface area contributed by atoms with Gasteiger partial charge in [-0.3, -0.25) is 0 Å². The molecule has 1 atom stereocenters. The summed E-state index contributed by atoms with van der Waals surface area (Å²) in [7, 11) is 0. The van der Waals surface area contributed by atoms with E-state index in [1.165, 1.54) is 6.08 Å². The highest BCUT2D eigenvalue weighted by molar-refractivity contribution is 5.01. The van der Waals surface area contributed by atoms with E-state index in [2.05, 4.69) is 6.92 Å². The molecule has 76 valence electrons. The van der Waals surface area contributed by atoms with E-state index < -0.39 is 12.2 Å². The molecule has 0 aliphatic carbocycles. The predicted molar refractivity (Wildman–Crippen MR) is 49.6 cm³/mol. The Bertz CT molecular complexity index is 172. The summed E-state index contributed by atoms with van der Waals surface area (Å²) in [6, 6.07) is 0. The number of allylic oxidation sites excluding steroid dienone is 1. The highest BCUT2D eigenvalue weighted by atomic mass is 19.3. The molecule has 0 rings (SSSR count). The van der Waals surface area contributed by atoms with Crippen molar-refractivity contribution in [3.8, 4) is 0 Å². The van der Waals surface area contributed by atoms with Crippen molar-refractivity contribution in [2.45, 2.75) is 38.7 Å². The Hall–Kier alpha value is -0.700. The molecule has 0 spiro atoms. The summed E-state index contributed by atoms with van der Waals surface area (Å²) >= 11 is 0. The minimum atomic E-state index is -1.84. The molecule has 0 bridgehead atoms. The lowest BCUT2D eigenvalue weighted by molar-refractivity contribution is 0.261. The first-order chi connectivity index (χ1) is 6.16. The van der Waals surface area contributed by atoms with Gasteiger partial charge in [-0.05, 0) is 12.8 Å². The minimum Gasteiger partial charge on any atom is -0.385 e. The van der Waals surface area contributed by atoms with Crippen molar-refractivity contribution in [3.05, 3.63) is 24.3 Å². The largest absolute Gasteiger partial charge is 0.385 e. The topological polar surface area (TPSA) is 20.2 Å². The molecular formula is C10H16F2O. The average molecular weight is 190 g/mol. The van der Waals surface area contributed by atoms with Gasteiger partial charge in [0.25, 0.3) is 6.08 Å². The zero-order valence-electron chi connectivity index (χ0n) is 7.84. The molecule has 0 heterocycles. The Balaban J connectivity index is 3.54. The molecule has 1 N–H and O–H groups in total. The normalized spacial score (nSPS) is 13.2. The summed E-state index contributed by atoms with van der Waals surface area (Å²) in [5.74, 6) is 0. The zero-order valence-corrected chi connectivity index (χ0v) is 7.84. The van der Waals surface area contributed by atoms with Gasteiger partial charge in [0, 0.05) is 6.08 Å². The maximum Gasteiger partial charge on any atom is 0.269 e. The molecule has 1 unspecified atom stereocenters. The first-order valence-electron chi connectivity index (χ1n) is 4.54. The third-order valence-corrected chi connectivity index (χ3v) is 1.60. The molecule has 0 saturated carbocycles. The van der Waals surface area contributed by atoms with E-state index in [4.69, 9.17) is 5.11 Å². The first-order valence-corrected chi connectivity index (χ1v) is 4.54. The number of aliphatic hydroxyl groups excluding tert-OH is 1. The summed E-state index contributed by atoms with van der Waals surface area (Å²) in [6.45, 7) is 2.10. The quantitative estimate of drug-likeness (QED) is 0.503. The van der Waals surface area contributed by atoms with Crippen LogP contribution < -0.4 is 0 Å². The van der Waals surface area contributed by atoms with Gasteiger partial charge in [0.2, 0.25) is 0 Å². The molecule has 0 aromatic carbocycles. The Labute approximate surface area is 77.8 Å². The van der Waals surface area contributed by atoms with Crippen molar-refractivity contribution in [1.82, 2.24) is 0 Å². The van der Waals surface area contributed by atoms with Gasteiger partial charge in [0.1, 0.15) is 0 Å². The third-order valence-electron chi connectivity index (χ3n) is 1.60. The van der Waals surface area contributed by atoms with E-state index in [0.717, 1.165) is 25.7 Å². The maximum atomic E-state index is 11.6. The van der Waals surface area contributed by atoms with Crippen LogP contribution in [-0.4, -0.2) is 11.2 Å². The predicted octanol–water partition coefficient (Wildman–Crippen LogP) is 3.26. The summed E-state index contributed by atoms with van der Waals surface area (Å²) in [4.78, 5) is 0. The monoisotopic (exact) mass is 190 g/mol. The number of rotatable bonds is 6. The molecule has 0 radical (unpaired) electrons. The number of hydrogen-bond acceptors (Lipinski definition) is 1. The van der Waals surface area contributed by atoms with Crippen LogP contribution in [-0.2, 0) is 0 Å². The van der Waals surface area contributed by atoms with Gasteiger partial charge in [-0.25, -0.2) is 0 Å². The Morgan fingerprint density at radius 2 is 2.08 bits per heavy atom. The molecule has 3 heteroatoms.